The van der Waals surface area contributed by atoms with Gasteiger partial charge in [0.15, 0.2) is 0 Å². The first-order valence-corrected chi connectivity index (χ1v) is 10.2. The van der Waals surface area contributed by atoms with Crippen molar-refractivity contribution in [2.45, 2.75) is 13.3 Å². The van der Waals surface area contributed by atoms with Crippen molar-refractivity contribution in [1.29, 1.82) is 0 Å². The smallest absolute Gasteiger partial charge is 0.228 e. The Morgan fingerprint density at radius 2 is 1.93 bits per heavy atom. The third-order valence-electron chi connectivity index (χ3n) is 4.06. The number of hydrogen-bond acceptors (Lipinski definition) is 5. The van der Waals surface area contributed by atoms with Crippen molar-refractivity contribution in [1.82, 2.24) is 9.97 Å². The Bertz CT molecular complexity index is 1050. The predicted molar refractivity (Wildman–Crippen MR) is 112 cm³/mol. The van der Waals surface area contributed by atoms with Crippen LogP contribution in [0.2, 0.25) is 0 Å². The molecule has 6 heteroatoms. The number of anilines is 1. The van der Waals surface area contributed by atoms with Gasteiger partial charge in [-0.3, -0.25) is 4.79 Å². The first kappa shape index (κ1) is 17.6. The van der Waals surface area contributed by atoms with Crippen molar-refractivity contribution in [3.63, 3.8) is 0 Å². The predicted octanol–water partition coefficient (Wildman–Crippen LogP) is 5.42. The van der Waals surface area contributed by atoms with Gasteiger partial charge in [0.05, 0.1) is 17.1 Å². The van der Waals surface area contributed by atoms with Crippen LogP contribution in [0.25, 0.3) is 21.8 Å². The fraction of sp³-hybridized carbons (Fsp3) is 0.0952. The number of rotatable bonds is 5. The first-order valence-electron chi connectivity index (χ1n) is 8.48. The van der Waals surface area contributed by atoms with E-state index in [1.54, 1.807) is 28.9 Å². The number of aromatic nitrogens is 2. The molecule has 0 radical (unpaired) electrons. The van der Waals surface area contributed by atoms with Gasteiger partial charge in [-0.25, -0.2) is 9.97 Å². The third kappa shape index (κ3) is 4.30. The van der Waals surface area contributed by atoms with Gasteiger partial charge in [-0.15, -0.1) is 22.7 Å². The fourth-order valence-electron chi connectivity index (χ4n) is 2.78. The quantitative estimate of drug-likeness (QED) is 0.494. The molecule has 4 rings (SSSR count). The van der Waals surface area contributed by atoms with Gasteiger partial charge in [-0.2, -0.15) is 0 Å². The second-order valence-corrected chi connectivity index (χ2v) is 8.05. The Balaban J connectivity index is 1.41. The van der Waals surface area contributed by atoms with E-state index in [4.69, 9.17) is 0 Å². The second kappa shape index (κ2) is 7.82. The van der Waals surface area contributed by atoms with Crippen LogP contribution in [-0.4, -0.2) is 15.9 Å². The second-order valence-electron chi connectivity index (χ2n) is 6.09. The summed E-state index contributed by atoms with van der Waals surface area (Å²) in [6.07, 6.45) is 2.11. The van der Waals surface area contributed by atoms with Crippen LogP contribution in [0.15, 0.2) is 65.5 Å². The van der Waals surface area contributed by atoms with Crippen molar-refractivity contribution >= 4 is 34.3 Å². The maximum absolute atomic E-state index is 12.4. The van der Waals surface area contributed by atoms with Gasteiger partial charge in [-0.05, 0) is 24.6 Å². The lowest BCUT2D eigenvalue weighted by Gasteiger charge is -2.07. The molecule has 0 aliphatic carbocycles. The minimum Gasteiger partial charge on any atom is -0.326 e. The number of carbonyl (C=O) groups excluding carboxylic acids is 1. The molecule has 0 saturated heterocycles. The first-order chi connectivity index (χ1) is 13.2. The SMILES string of the molecule is Cc1nc(-c2ccc(CC(=O)Nc3cccc(-c4nccs4)c3)cc2)cs1. The minimum absolute atomic E-state index is 0.0384. The maximum Gasteiger partial charge on any atom is 0.228 e. The zero-order valence-electron chi connectivity index (χ0n) is 14.7. The van der Waals surface area contributed by atoms with Crippen LogP contribution in [-0.2, 0) is 11.2 Å². The van der Waals surface area contributed by atoms with Crippen molar-refractivity contribution < 1.29 is 4.79 Å². The molecule has 2 aromatic heterocycles. The molecule has 1 amide bonds. The van der Waals surface area contributed by atoms with E-state index in [-0.39, 0.29) is 5.91 Å². The van der Waals surface area contributed by atoms with E-state index >= 15 is 0 Å². The summed E-state index contributed by atoms with van der Waals surface area (Å²) in [5, 5.41) is 8.95. The standard InChI is InChI=1S/C21H17N3OS2/c1-14-23-19(13-27-14)16-7-5-15(6-8-16)11-20(25)24-18-4-2-3-17(12-18)21-22-9-10-26-21/h2-10,12-13H,11H2,1H3,(H,24,25). The number of nitrogens with zero attached hydrogens (tertiary/aromatic N) is 2. The fourth-order valence-corrected chi connectivity index (χ4v) is 4.03. The Kier molecular flexibility index (Phi) is 5.09. The number of nitrogens with one attached hydrogen (secondary N) is 1. The van der Waals surface area contributed by atoms with Gasteiger partial charge >= 0.3 is 0 Å². The van der Waals surface area contributed by atoms with Gasteiger partial charge < -0.3 is 5.32 Å². The number of amides is 1. The van der Waals surface area contributed by atoms with E-state index in [9.17, 15) is 4.79 Å². The summed E-state index contributed by atoms with van der Waals surface area (Å²) in [6, 6.07) is 15.8. The Hall–Kier alpha value is -2.83. The summed E-state index contributed by atoms with van der Waals surface area (Å²) in [7, 11) is 0. The van der Waals surface area contributed by atoms with Crippen molar-refractivity contribution in [2.24, 2.45) is 0 Å². The molecule has 1 N–H and O–H groups in total. The molecule has 27 heavy (non-hydrogen) atoms. The third-order valence-corrected chi connectivity index (χ3v) is 5.65. The largest absolute Gasteiger partial charge is 0.326 e. The molecule has 0 bridgehead atoms. The summed E-state index contributed by atoms with van der Waals surface area (Å²) in [5.74, 6) is -0.0384. The molecule has 0 spiro atoms. The number of carbonyl (C=O) groups is 1. The van der Waals surface area contributed by atoms with Crippen molar-refractivity contribution in [3.8, 4) is 21.8 Å². The number of aryl methyl sites for hydroxylation is 1. The summed E-state index contributed by atoms with van der Waals surface area (Å²) < 4.78 is 0. The number of thiazole rings is 2. The summed E-state index contributed by atoms with van der Waals surface area (Å²) in [5.41, 5.74) is 4.81. The molecule has 2 aromatic carbocycles. The topological polar surface area (TPSA) is 54.9 Å². The van der Waals surface area contributed by atoms with E-state index in [2.05, 4.69) is 15.3 Å². The van der Waals surface area contributed by atoms with Crippen molar-refractivity contribution in [3.05, 3.63) is 76.1 Å². The summed E-state index contributed by atoms with van der Waals surface area (Å²) in [4.78, 5) is 21.2. The Morgan fingerprint density at radius 1 is 1.07 bits per heavy atom. The average Bonchev–Trinajstić information content (AvgIpc) is 3.34. The highest BCUT2D eigenvalue weighted by molar-refractivity contribution is 7.13. The van der Waals surface area contributed by atoms with E-state index in [1.165, 1.54) is 0 Å². The molecule has 0 aliphatic rings. The van der Waals surface area contributed by atoms with Crippen molar-refractivity contribution in [2.75, 3.05) is 5.32 Å². The summed E-state index contributed by atoms with van der Waals surface area (Å²) >= 11 is 3.22. The van der Waals surface area contributed by atoms with Crippen LogP contribution in [0, 0.1) is 6.92 Å². The molecular formula is C21H17N3OS2. The normalized spacial score (nSPS) is 10.7. The Labute approximate surface area is 165 Å². The van der Waals surface area contributed by atoms with E-state index in [1.807, 2.05) is 66.2 Å². The number of benzene rings is 2. The van der Waals surface area contributed by atoms with Gasteiger partial charge in [0.1, 0.15) is 5.01 Å². The maximum atomic E-state index is 12.4. The van der Waals surface area contributed by atoms with Gasteiger partial charge in [-0.1, -0.05) is 36.4 Å². The molecule has 4 aromatic rings. The van der Waals surface area contributed by atoms with Gasteiger partial charge in [0.25, 0.3) is 0 Å². The molecule has 0 fully saturated rings. The molecule has 0 atom stereocenters. The number of hydrogen-bond donors (Lipinski definition) is 1. The van der Waals surface area contributed by atoms with Crippen LogP contribution in [0.5, 0.6) is 0 Å². The molecular weight excluding hydrogens is 374 g/mol. The van der Waals surface area contributed by atoms with Crippen LogP contribution < -0.4 is 5.32 Å². The lowest BCUT2D eigenvalue weighted by Crippen LogP contribution is -2.14. The molecule has 4 nitrogen and oxygen atoms in total. The molecule has 134 valence electrons. The van der Waals surface area contributed by atoms with Crippen LogP contribution in [0.3, 0.4) is 0 Å². The van der Waals surface area contributed by atoms with E-state index in [0.717, 1.165) is 38.1 Å². The van der Waals surface area contributed by atoms with Crippen LogP contribution in [0.4, 0.5) is 5.69 Å². The highest BCUT2D eigenvalue weighted by Gasteiger charge is 2.08. The molecule has 0 aliphatic heterocycles. The molecule has 2 heterocycles. The van der Waals surface area contributed by atoms with Gasteiger partial charge in [0, 0.05) is 33.8 Å². The average molecular weight is 392 g/mol. The summed E-state index contributed by atoms with van der Waals surface area (Å²) in [6.45, 7) is 2.00. The highest BCUT2D eigenvalue weighted by atomic mass is 32.1. The van der Waals surface area contributed by atoms with Gasteiger partial charge in [0.2, 0.25) is 5.91 Å². The van der Waals surface area contributed by atoms with Crippen LogP contribution in [0.1, 0.15) is 10.6 Å². The lowest BCUT2D eigenvalue weighted by molar-refractivity contribution is -0.115. The lowest BCUT2D eigenvalue weighted by atomic mass is 10.1. The minimum atomic E-state index is -0.0384. The zero-order valence-corrected chi connectivity index (χ0v) is 16.3. The molecule has 0 saturated carbocycles. The van der Waals surface area contributed by atoms with E-state index in [0.29, 0.717) is 6.42 Å². The highest BCUT2D eigenvalue weighted by Crippen LogP contribution is 2.25. The monoisotopic (exact) mass is 391 g/mol. The van der Waals surface area contributed by atoms with Crippen LogP contribution >= 0.6 is 22.7 Å². The molecule has 0 unspecified atom stereocenters. The zero-order chi connectivity index (χ0) is 18.6. The Morgan fingerprint density at radius 3 is 2.63 bits per heavy atom. The van der Waals surface area contributed by atoms with E-state index < -0.39 is 0 Å².